The molecule has 0 radical (unpaired) electrons. The van der Waals surface area contributed by atoms with Gasteiger partial charge in [-0.15, -0.1) is 0 Å². The molecule has 0 aliphatic carbocycles. The van der Waals surface area contributed by atoms with Crippen LogP contribution in [0.2, 0.25) is 0 Å². The van der Waals surface area contributed by atoms with Crippen molar-refractivity contribution in [2.75, 3.05) is 0 Å². The van der Waals surface area contributed by atoms with Crippen LogP contribution in [0.4, 0.5) is 0 Å². The van der Waals surface area contributed by atoms with Crippen molar-refractivity contribution in [2.45, 2.75) is 195 Å². The van der Waals surface area contributed by atoms with Crippen molar-refractivity contribution in [2.24, 2.45) is 0 Å². The van der Waals surface area contributed by atoms with Gasteiger partial charge in [-0.25, -0.2) is 12.1 Å². The van der Waals surface area contributed by atoms with Crippen LogP contribution in [0.1, 0.15) is 191 Å². The Hall–Kier alpha value is -0.781. The number of aryl methyl sites for hydroxylation is 5. The first-order chi connectivity index (χ1) is 19.7. The van der Waals surface area contributed by atoms with Crippen molar-refractivity contribution >= 4 is 0 Å². The molecular weight excluding hydrogens is 536 g/mol. The van der Waals surface area contributed by atoms with E-state index in [1.165, 1.54) is 161 Å². The van der Waals surface area contributed by atoms with Gasteiger partial charge in [-0.1, -0.05) is 195 Å². The summed E-state index contributed by atoms with van der Waals surface area (Å²) in [6.07, 6.45) is 34.1. The van der Waals surface area contributed by atoms with E-state index in [2.05, 4.69) is 65.0 Å². The van der Waals surface area contributed by atoms with Gasteiger partial charge < -0.3 is 0 Å². The van der Waals surface area contributed by atoms with E-state index in [9.17, 15) is 0 Å². The first-order valence-electron chi connectivity index (χ1n) is 18.2. The van der Waals surface area contributed by atoms with Gasteiger partial charge in [0.15, 0.2) is 0 Å². The molecule has 0 spiro atoms. The fraction of sp³-hybridized carbons (Fsp3) is 0.750. The van der Waals surface area contributed by atoms with Crippen LogP contribution in [0.5, 0.6) is 0 Å². The van der Waals surface area contributed by atoms with E-state index >= 15 is 0 Å². The summed E-state index contributed by atoms with van der Waals surface area (Å²) in [4.78, 5) is 0. The zero-order valence-electron chi connectivity index (χ0n) is 28.4. The number of hydrogen-bond acceptors (Lipinski definition) is 0. The maximum absolute atomic E-state index is 2.55. The van der Waals surface area contributed by atoms with Crippen LogP contribution >= 0.6 is 0 Å². The number of hydrogen-bond donors (Lipinski definition) is 0. The molecule has 0 atom stereocenters. The molecule has 1 heteroatoms. The molecule has 238 valence electrons. The van der Waals surface area contributed by atoms with Crippen molar-refractivity contribution in [1.82, 2.24) is 0 Å². The first kappa shape index (κ1) is 40.2. The average Bonchev–Trinajstić information content (AvgIpc) is 3.59. The Morgan fingerprint density at radius 1 is 0.439 bits per heavy atom. The molecule has 0 saturated carbocycles. The molecule has 0 amide bonds. The third kappa shape index (κ3) is 21.5. The normalized spacial score (nSPS) is 10.9. The van der Waals surface area contributed by atoms with Crippen molar-refractivity contribution in [3.8, 4) is 0 Å². The molecule has 2 aromatic rings. The molecule has 0 saturated heterocycles. The monoisotopic (exact) mass is 606 g/mol. The molecule has 0 heterocycles. The number of unbranched alkanes of at least 4 members (excludes halogenated alkanes) is 15. The summed E-state index contributed by atoms with van der Waals surface area (Å²) < 4.78 is 0. The molecule has 0 nitrogen and oxygen atoms in total. The van der Waals surface area contributed by atoms with E-state index in [0.29, 0.717) is 0 Å². The minimum absolute atomic E-state index is 0. The second-order valence-corrected chi connectivity index (χ2v) is 12.6. The minimum atomic E-state index is 0. The second kappa shape index (κ2) is 29.3. The molecule has 2 aromatic carbocycles. The van der Waals surface area contributed by atoms with Crippen LogP contribution in [-0.4, -0.2) is 0 Å². The SMILES string of the molecule is CCCCCCc1c[cH-]c(CCCCCC)c1.CCCCCCc1cc(CCCCCC)c(CCCCCC)[cH-]1.[Fe+2]. The van der Waals surface area contributed by atoms with E-state index in [4.69, 9.17) is 0 Å². The van der Waals surface area contributed by atoms with E-state index < -0.39 is 0 Å². The average molecular weight is 607 g/mol. The van der Waals surface area contributed by atoms with Crippen LogP contribution in [0.25, 0.3) is 0 Å². The zero-order valence-corrected chi connectivity index (χ0v) is 29.5. The predicted molar refractivity (Wildman–Crippen MR) is 183 cm³/mol. The summed E-state index contributed by atoms with van der Waals surface area (Å²) >= 11 is 0. The van der Waals surface area contributed by atoms with Crippen molar-refractivity contribution in [3.05, 3.63) is 58.1 Å². The maximum atomic E-state index is 2.55. The van der Waals surface area contributed by atoms with Gasteiger partial charge >= 0.3 is 17.1 Å². The Morgan fingerprint density at radius 2 is 0.878 bits per heavy atom. The van der Waals surface area contributed by atoms with Crippen LogP contribution < -0.4 is 0 Å². The Kier molecular flexibility index (Phi) is 28.7. The molecule has 0 unspecified atom stereocenters. The smallest absolute Gasteiger partial charge is 0.207 e. The molecule has 0 aliphatic heterocycles. The molecule has 41 heavy (non-hydrogen) atoms. The topological polar surface area (TPSA) is 0 Å². The third-order valence-electron chi connectivity index (χ3n) is 8.57. The van der Waals surface area contributed by atoms with Gasteiger partial charge in [0.1, 0.15) is 0 Å². The predicted octanol–water partition coefficient (Wildman–Crippen LogP) is 13.4. The van der Waals surface area contributed by atoms with Crippen LogP contribution in [0.15, 0.2) is 30.3 Å². The summed E-state index contributed by atoms with van der Waals surface area (Å²) in [6, 6.07) is 12.2. The van der Waals surface area contributed by atoms with Gasteiger partial charge in [0.05, 0.1) is 0 Å². The summed E-state index contributed by atoms with van der Waals surface area (Å²) in [7, 11) is 0. The molecule has 0 fully saturated rings. The summed E-state index contributed by atoms with van der Waals surface area (Å²) in [5.74, 6) is 0. The fourth-order valence-corrected chi connectivity index (χ4v) is 5.90. The second-order valence-electron chi connectivity index (χ2n) is 12.6. The standard InChI is InChI=1S/C23H41.C17H29.Fe/c1-4-7-10-13-16-21-19-22(17-14-11-8-5-2)23(20-21)18-15-12-9-6-3;1-3-5-7-9-11-16-13-14-17(15-16)12-10-8-6-4-2;/h19-20H,4-18H2,1-3H3;13-15H,3-12H2,1-2H3;/q2*-1;+2. The largest absolute Gasteiger partial charge is 2.00 e. The van der Waals surface area contributed by atoms with E-state index in [0.717, 1.165) is 0 Å². The third-order valence-corrected chi connectivity index (χ3v) is 8.57. The Balaban J connectivity index is 0.000000794. The Bertz CT molecular complexity index is 723. The summed E-state index contributed by atoms with van der Waals surface area (Å²) in [5.41, 5.74) is 8.11. The quantitative estimate of drug-likeness (QED) is 0.0599. The molecular formula is C40H70Fe. The van der Waals surface area contributed by atoms with Gasteiger partial charge in [-0.3, -0.25) is 0 Å². The number of rotatable bonds is 25. The molecule has 0 N–H and O–H groups in total. The zero-order chi connectivity index (χ0) is 29.1. The van der Waals surface area contributed by atoms with Crippen LogP contribution in [0.3, 0.4) is 0 Å². The van der Waals surface area contributed by atoms with E-state index in [-0.39, 0.29) is 17.1 Å². The minimum Gasteiger partial charge on any atom is -0.207 e. The van der Waals surface area contributed by atoms with Gasteiger partial charge in [0, 0.05) is 0 Å². The van der Waals surface area contributed by atoms with Gasteiger partial charge in [0.2, 0.25) is 0 Å². The van der Waals surface area contributed by atoms with Gasteiger partial charge in [-0.2, -0.15) is 46.0 Å². The van der Waals surface area contributed by atoms with E-state index in [1.807, 2.05) is 0 Å². The molecule has 2 rings (SSSR count). The molecule has 0 bridgehead atoms. The fourth-order valence-electron chi connectivity index (χ4n) is 5.90. The molecule has 0 aliphatic rings. The summed E-state index contributed by atoms with van der Waals surface area (Å²) in [6.45, 7) is 11.4. The van der Waals surface area contributed by atoms with Crippen LogP contribution in [0, 0.1) is 0 Å². The maximum Gasteiger partial charge on any atom is 2.00 e. The van der Waals surface area contributed by atoms with Crippen molar-refractivity contribution in [1.29, 1.82) is 0 Å². The van der Waals surface area contributed by atoms with Gasteiger partial charge in [0.25, 0.3) is 0 Å². The summed E-state index contributed by atoms with van der Waals surface area (Å²) in [5, 5.41) is 0. The Labute approximate surface area is 269 Å². The first-order valence-corrected chi connectivity index (χ1v) is 18.2. The van der Waals surface area contributed by atoms with E-state index in [1.54, 1.807) is 27.8 Å². The molecule has 0 aromatic heterocycles. The Morgan fingerprint density at radius 3 is 1.39 bits per heavy atom. The van der Waals surface area contributed by atoms with Crippen molar-refractivity contribution < 1.29 is 17.1 Å². The van der Waals surface area contributed by atoms with Crippen molar-refractivity contribution in [3.63, 3.8) is 0 Å². The van der Waals surface area contributed by atoms with Crippen LogP contribution in [-0.2, 0) is 49.2 Å². The van der Waals surface area contributed by atoms with Gasteiger partial charge in [-0.05, 0) is 0 Å².